The lowest BCUT2D eigenvalue weighted by Crippen LogP contribution is -1.97. The van der Waals surface area contributed by atoms with Crippen molar-refractivity contribution in [3.05, 3.63) is 8.84 Å². The third kappa shape index (κ3) is 1.58. The van der Waals surface area contributed by atoms with E-state index in [1.807, 2.05) is 22.6 Å². The Balaban J connectivity index is 2.98. The summed E-state index contributed by atoms with van der Waals surface area (Å²) in [4.78, 5) is 13.7. The molecule has 0 atom stereocenters. The highest BCUT2D eigenvalue weighted by atomic mass is 127. The average Bonchev–Trinajstić information content (AvgIpc) is 2.14. The lowest BCUT2D eigenvalue weighted by molar-refractivity contribution is 0.0685. The second-order valence-corrected chi connectivity index (χ2v) is 3.68. The fourth-order valence-corrected chi connectivity index (χ4v) is 1.22. The molecule has 6 heteroatoms. The Kier molecular flexibility index (Phi) is 1.96. The molecule has 1 N–H and O–H groups in total. The minimum Gasteiger partial charge on any atom is -0.475 e. The first-order valence-corrected chi connectivity index (χ1v) is 3.78. The van der Waals surface area contributed by atoms with Crippen molar-refractivity contribution in [3.63, 3.8) is 0 Å². The molecule has 48 valence electrons. The summed E-state index contributed by atoms with van der Waals surface area (Å²) in [5, 5.41) is 8.28. The molecule has 0 aliphatic carbocycles. The Morgan fingerprint density at radius 1 is 1.78 bits per heavy atom. The summed E-state index contributed by atoms with van der Waals surface area (Å²) >= 11 is 2.99. The van der Waals surface area contributed by atoms with E-state index in [0.717, 1.165) is 11.5 Å². The summed E-state index contributed by atoms with van der Waals surface area (Å²) in [5.41, 5.74) is 0. The van der Waals surface area contributed by atoms with Crippen LogP contribution in [0, 0.1) is 3.01 Å². The summed E-state index contributed by atoms with van der Waals surface area (Å²) < 4.78 is 4.18. The van der Waals surface area contributed by atoms with Crippen molar-refractivity contribution in [1.82, 2.24) is 9.36 Å². The molecule has 0 aromatic carbocycles. The molecular formula is C3HIN2O2S. The molecule has 0 unspecified atom stereocenters. The number of carboxylic acid groups (broad SMARTS) is 1. The molecule has 0 radical (unpaired) electrons. The lowest BCUT2D eigenvalue weighted by atomic mass is 10.7. The van der Waals surface area contributed by atoms with E-state index in [4.69, 9.17) is 5.11 Å². The molecule has 4 nitrogen and oxygen atoms in total. The maximum Gasteiger partial charge on any atom is 0.375 e. The van der Waals surface area contributed by atoms with E-state index in [1.165, 1.54) is 0 Å². The second-order valence-electron chi connectivity index (χ2n) is 1.18. The first-order chi connectivity index (χ1) is 4.20. The number of aromatic carboxylic acids is 1. The number of nitrogens with zero attached hydrogens (tertiary/aromatic N) is 2. The maximum atomic E-state index is 10.1. The van der Waals surface area contributed by atoms with Crippen molar-refractivity contribution in [2.45, 2.75) is 0 Å². The van der Waals surface area contributed by atoms with Crippen molar-refractivity contribution in [2.75, 3.05) is 0 Å². The maximum absolute atomic E-state index is 10.1. The SMILES string of the molecule is O=C(O)c1nsc(I)n1. The molecule has 0 fully saturated rings. The van der Waals surface area contributed by atoms with Gasteiger partial charge in [-0.1, -0.05) is 0 Å². The molecule has 0 bridgehead atoms. The predicted molar refractivity (Wildman–Crippen MR) is 39.6 cm³/mol. The smallest absolute Gasteiger partial charge is 0.375 e. The van der Waals surface area contributed by atoms with Gasteiger partial charge in [-0.3, -0.25) is 0 Å². The summed E-state index contributed by atoms with van der Waals surface area (Å²) in [5.74, 6) is -1.20. The van der Waals surface area contributed by atoms with Gasteiger partial charge >= 0.3 is 5.97 Å². The van der Waals surface area contributed by atoms with Gasteiger partial charge in [0.2, 0.25) is 0 Å². The molecule has 1 rings (SSSR count). The van der Waals surface area contributed by atoms with Gasteiger partial charge in [0, 0.05) is 0 Å². The van der Waals surface area contributed by atoms with Gasteiger partial charge < -0.3 is 5.11 Å². The molecule has 0 spiro atoms. The van der Waals surface area contributed by atoms with Gasteiger partial charge in [0.1, 0.15) is 0 Å². The highest BCUT2D eigenvalue weighted by Gasteiger charge is 2.07. The van der Waals surface area contributed by atoms with Crippen LogP contribution < -0.4 is 0 Å². The van der Waals surface area contributed by atoms with Crippen molar-refractivity contribution in [2.24, 2.45) is 0 Å². The van der Waals surface area contributed by atoms with E-state index in [2.05, 4.69) is 9.36 Å². The fourth-order valence-electron chi connectivity index (χ4n) is 0.292. The van der Waals surface area contributed by atoms with Crippen LogP contribution in [0.4, 0.5) is 0 Å². The first kappa shape index (κ1) is 6.87. The van der Waals surface area contributed by atoms with E-state index >= 15 is 0 Å². The van der Waals surface area contributed by atoms with E-state index in [0.29, 0.717) is 3.01 Å². The number of hydrogen-bond acceptors (Lipinski definition) is 4. The third-order valence-electron chi connectivity index (χ3n) is 0.593. The molecule has 1 aromatic heterocycles. The standard InChI is InChI=1S/C3HIN2O2S/c4-3-5-1(2(7)8)6-9-3/h(H,7,8). The molecule has 0 saturated carbocycles. The highest BCUT2D eigenvalue weighted by molar-refractivity contribution is 14.1. The van der Waals surface area contributed by atoms with Gasteiger partial charge in [-0.25, -0.2) is 9.78 Å². The van der Waals surface area contributed by atoms with Crippen LogP contribution in [-0.2, 0) is 0 Å². The van der Waals surface area contributed by atoms with Gasteiger partial charge in [-0.05, 0) is 34.1 Å². The zero-order valence-electron chi connectivity index (χ0n) is 4.04. The van der Waals surface area contributed by atoms with Crippen LogP contribution in [0.1, 0.15) is 10.6 Å². The number of aromatic nitrogens is 2. The Hall–Kier alpha value is -0.240. The van der Waals surface area contributed by atoms with Crippen molar-refractivity contribution in [1.29, 1.82) is 0 Å². The van der Waals surface area contributed by atoms with Crippen molar-refractivity contribution in [3.8, 4) is 0 Å². The van der Waals surface area contributed by atoms with Crippen LogP contribution in [0.15, 0.2) is 0 Å². The number of halogens is 1. The topological polar surface area (TPSA) is 63.1 Å². The van der Waals surface area contributed by atoms with Gasteiger partial charge in [0.15, 0.2) is 3.01 Å². The van der Waals surface area contributed by atoms with Crippen molar-refractivity contribution < 1.29 is 9.90 Å². The van der Waals surface area contributed by atoms with Crippen LogP contribution in [0.25, 0.3) is 0 Å². The average molecular weight is 256 g/mol. The number of carboxylic acids is 1. The summed E-state index contributed by atoms with van der Waals surface area (Å²) in [6, 6.07) is 0. The van der Waals surface area contributed by atoms with Crippen molar-refractivity contribution >= 4 is 40.1 Å². The normalized spacial score (nSPS) is 9.44. The van der Waals surface area contributed by atoms with E-state index in [1.54, 1.807) is 0 Å². The van der Waals surface area contributed by atoms with Gasteiger partial charge in [-0.15, -0.1) is 0 Å². The molecule has 1 heterocycles. The van der Waals surface area contributed by atoms with Crippen LogP contribution >= 0.6 is 34.1 Å². The van der Waals surface area contributed by atoms with Gasteiger partial charge in [0.25, 0.3) is 5.82 Å². The zero-order valence-corrected chi connectivity index (χ0v) is 7.01. The molecule has 0 aliphatic rings. The fraction of sp³-hybridized carbons (Fsp3) is 0. The summed E-state index contributed by atoms with van der Waals surface area (Å²) in [6.07, 6.45) is 0. The number of hydrogen-bond donors (Lipinski definition) is 1. The molecular weight excluding hydrogens is 255 g/mol. The summed E-state index contributed by atoms with van der Waals surface area (Å²) in [6.45, 7) is 0. The lowest BCUT2D eigenvalue weighted by Gasteiger charge is -1.76. The molecule has 9 heavy (non-hydrogen) atoms. The van der Waals surface area contributed by atoms with Gasteiger partial charge in [-0.2, -0.15) is 4.37 Å². The Bertz CT molecular complexity index is 235. The van der Waals surface area contributed by atoms with E-state index in [9.17, 15) is 4.79 Å². The monoisotopic (exact) mass is 256 g/mol. The minimum absolute atomic E-state index is 0.121. The number of carbonyl (C=O) groups is 1. The molecule has 0 aliphatic heterocycles. The zero-order chi connectivity index (χ0) is 6.85. The Morgan fingerprint density at radius 2 is 2.44 bits per heavy atom. The summed E-state index contributed by atoms with van der Waals surface area (Å²) in [7, 11) is 0. The van der Waals surface area contributed by atoms with Crippen LogP contribution in [0.2, 0.25) is 0 Å². The second kappa shape index (κ2) is 2.56. The third-order valence-corrected chi connectivity index (χ3v) is 1.93. The largest absolute Gasteiger partial charge is 0.475 e. The number of rotatable bonds is 1. The molecule has 0 amide bonds. The Labute approximate surface area is 68.2 Å². The highest BCUT2D eigenvalue weighted by Crippen LogP contribution is 2.06. The van der Waals surface area contributed by atoms with Crippen LogP contribution in [0.3, 0.4) is 0 Å². The van der Waals surface area contributed by atoms with E-state index in [-0.39, 0.29) is 5.82 Å². The molecule has 1 aromatic rings. The Morgan fingerprint density at radius 3 is 2.67 bits per heavy atom. The predicted octanol–water partition coefficient (Wildman–Crippen LogP) is 0.841. The van der Waals surface area contributed by atoms with Crippen LogP contribution in [-0.4, -0.2) is 20.4 Å². The first-order valence-electron chi connectivity index (χ1n) is 1.92. The van der Waals surface area contributed by atoms with Crippen LogP contribution in [0.5, 0.6) is 0 Å². The molecule has 0 saturated heterocycles. The van der Waals surface area contributed by atoms with E-state index < -0.39 is 5.97 Å². The minimum atomic E-state index is -1.07. The van der Waals surface area contributed by atoms with Gasteiger partial charge in [0.05, 0.1) is 0 Å². The quantitative estimate of drug-likeness (QED) is 0.756.